The summed E-state index contributed by atoms with van der Waals surface area (Å²) in [6, 6.07) is 0. The van der Waals surface area contributed by atoms with Crippen molar-refractivity contribution in [2.45, 2.75) is 69.2 Å². The molecule has 2 fully saturated rings. The topological polar surface area (TPSA) is 196 Å². The van der Waals surface area contributed by atoms with Gasteiger partial charge in [0.1, 0.15) is 24.4 Å². The number of aliphatic hydroxyl groups excluding tert-OH is 6. The zero-order valence-electron chi connectivity index (χ0n) is 17.3. The van der Waals surface area contributed by atoms with Gasteiger partial charge in [-0.25, -0.2) is 0 Å². The number of aliphatic hydroxyl groups is 6. The molecule has 0 spiro atoms. The van der Waals surface area contributed by atoms with E-state index in [1.165, 1.54) is 13.8 Å². The predicted octanol–water partition coefficient (Wildman–Crippen LogP) is -4.09. The van der Waals surface area contributed by atoms with Gasteiger partial charge in [-0.15, -0.1) is 0 Å². The summed E-state index contributed by atoms with van der Waals surface area (Å²) in [5.41, 5.74) is 0. The largest absolute Gasteiger partial charge is 0.435 e. The van der Waals surface area contributed by atoms with Crippen LogP contribution < -0.4 is 0 Å². The van der Waals surface area contributed by atoms with E-state index in [1.54, 1.807) is 0 Å². The molecule has 0 radical (unpaired) electrons. The van der Waals surface area contributed by atoms with Gasteiger partial charge in [-0.05, 0) is 6.92 Å². The quantitative estimate of drug-likeness (QED) is 0.185. The number of carbonyl (C=O) groups is 2. The molecule has 10 atom stereocenters. The van der Waals surface area contributed by atoms with Crippen molar-refractivity contribution >= 4 is 12.4 Å². The van der Waals surface area contributed by atoms with Crippen LogP contribution in [0.2, 0.25) is 0 Å². The van der Waals surface area contributed by atoms with E-state index in [1.807, 2.05) is 0 Å². The summed E-state index contributed by atoms with van der Waals surface area (Å²) in [6.07, 6.45) is -13.0. The Morgan fingerprint density at radius 2 is 1.55 bits per heavy atom. The molecular weight excluding hydrogens is 422 g/mol. The smallest absolute Gasteiger partial charge is 0.295 e. The van der Waals surface area contributed by atoms with Crippen LogP contribution in [-0.4, -0.2) is 130 Å². The van der Waals surface area contributed by atoms with Crippen molar-refractivity contribution in [3.8, 4) is 0 Å². The molecule has 10 unspecified atom stereocenters. The lowest BCUT2D eigenvalue weighted by molar-refractivity contribution is -0.350. The van der Waals surface area contributed by atoms with E-state index in [0.29, 0.717) is 0 Å². The molecule has 0 aliphatic carbocycles. The molecule has 2 rings (SSSR count). The Kier molecular flexibility index (Phi) is 9.54. The molecule has 0 saturated carbocycles. The molecule has 13 heteroatoms. The van der Waals surface area contributed by atoms with Gasteiger partial charge < -0.3 is 54.5 Å². The highest BCUT2D eigenvalue weighted by molar-refractivity contribution is 5.81. The number of nitrogens with zero attached hydrogens (tertiary/aromatic N) is 1. The molecule has 1 amide bonds. The number of amides is 1. The Hall–Kier alpha value is -1.42. The van der Waals surface area contributed by atoms with Crippen molar-refractivity contribution < 1.29 is 59.2 Å². The van der Waals surface area contributed by atoms with Crippen LogP contribution in [0.25, 0.3) is 0 Å². The van der Waals surface area contributed by atoms with E-state index in [2.05, 4.69) is 0 Å². The summed E-state index contributed by atoms with van der Waals surface area (Å²) >= 11 is 0. The second kappa shape index (κ2) is 11.4. The second-order valence-corrected chi connectivity index (χ2v) is 7.56. The molecule has 13 nitrogen and oxygen atoms in total. The SMILES string of the molecule is CC1OC(OC=O)C(OC2OC(C(=O)N(CCO)CCO)C(C)C(O)C2O)C(O)C1O. The molecule has 2 saturated heterocycles. The van der Waals surface area contributed by atoms with Crippen molar-refractivity contribution in [3.63, 3.8) is 0 Å². The van der Waals surface area contributed by atoms with Crippen LogP contribution in [0.1, 0.15) is 13.8 Å². The average molecular weight is 453 g/mol. The van der Waals surface area contributed by atoms with E-state index in [-0.39, 0.29) is 32.8 Å². The molecule has 2 aliphatic heterocycles. The standard InChI is InChI=1S/C18H31NO12/c1-8-10(23)13(26)17(30-14(8)16(27)19(3-5-20)4-6-21)31-15-12(25)11(24)9(2)29-18(15)28-7-22/h7-15,17-18,20-21,23-26H,3-6H2,1-2H3. The number of hydrogen-bond acceptors (Lipinski definition) is 12. The molecule has 0 aromatic heterocycles. The van der Waals surface area contributed by atoms with Crippen LogP contribution >= 0.6 is 0 Å². The fourth-order valence-electron chi connectivity index (χ4n) is 3.62. The first-order valence-corrected chi connectivity index (χ1v) is 9.96. The van der Waals surface area contributed by atoms with Gasteiger partial charge in [-0.3, -0.25) is 9.59 Å². The van der Waals surface area contributed by atoms with Gasteiger partial charge in [0.05, 0.1) is 25.4 Å². The summed E-state index contributed by atoms with van der Waals surface area (Å²) in [6.45, 7) is 2.03. The highest BCUT2D eigenvalue weighted by Gasteiger charge is 2.51. The van der Waals surface area contributed by atoms with Gasteiger partial charge in [0, 0.05) is 19.0 Å². The first-order chi connectivity index (χ1) is 14.7. The fourth-order valence-corrected chi connectivity index (χ4v) is 3.62. The summed E-state index contributed by atoms with van der Waals surface area (Å²) in [5, 5.41) is 59.6. The van der Waals surface area contributed by atoms with E-state index >= 15 is 0 Å². The third kappa shape index (κ3) is 5.69. The molecule has 0 bridgehead atoms. The summed E-state index contributed by atoms with van der Waals surface area (Å²) in [7, 11) is 0. The van der Waals surface area contributed by atoms with Gasteiger partial charge in [0.25, 0.3) is 12.4 Å². The zero-order chi connectivity index (χ0) is 23.3. The number of hydrogen-bond donors (Lipinski definition) is 6. The van der Waals surface area contributed by atoms with Crippen molar-refractivity contribution in [2.75, 3.05) is 26.3 Å². The van der Waals surface area contributed by atoms with Crippen molar-refractivity contribution in [3.05, 3.63) is 0 Å². The maximum absolute atomic E-state index is 12.9. The number of rotatable bonds is 9. The first kappa shape index (κ1) is 25.8. The minimum Gasteiger partial charge on any atom is -0.435 e. The highest BCUT2D eigenvalue weighted by atomic mass is 16.8. The van der Waals surface area contributed by atoms with Gasteiger partial charge >= 0.3 is 0 Å². The van der Waals surface area contributed by atoms with Crippen LogP contribution in [0.15, 0.2) is 0 Å². The molecule has 0 aromatic rings. The monoisotopic (exact) mass is 453 g/mol. The minimum absolute atomic E-state index is 0.0568. The third-order valence-corrected chi connectivity index (χ3v) is 5.49. The van der Waals surface area contributed by atoms with Crippen LogP contribution in [-0.2, 0) is 28.5 Å². The normalized spacial score (nSPS) is 40.9. The Labute approximate surface area is 178 Å². The Bertz CT molecular complexity index is 588. The van der Waals surface area contributed by atoms with Crippen molar-refractivity contribution in [2.24, 2.45) is 5.92 Å². The van der Waals surface area contributed by atoms with E-state index in [9.17, 15) is 30.0 Å². The lowest BCUT2D eigenvalue weighted by Crippen LogP contribution is -2.63. The average Bonchev–Trinajstić information content (AvgIpc) is 2.74. The molecule has 31 heavy (non-hydrogen) atoms. The maximum atomic E-state index is 12.9. The third-order valence-electron chi connectivity index (χ3n) is 5.49. The number of carbonyl (C=O) groups excluding carboxylic acids is 2. The summed E-state index contributed by atoms with van der Waals surface area (Å²) < 4.78 is 21.2. The van der Waals surface area contributed by atoms with Gasteiger partial charge in [0.2, 0.25) is 6.29 Å². The first-order valence-electron chi connectivity index (χ1n) is 9.96. The van der Waals surface area contributed by atoms with Gasteiger partial charge in [-0.1, -0.05) is 6.92 Å². The van der Waals surface area contributed by atoms with E-state index < -0.39 is 67.1 Å². The molecule has 2 heterocycles. The van der Waals surface area contributed by atoms with E-state index in [0.717, 1.165) is 4.90 Å². The van der Waals surface area contributed by atoms with Gasteiger partial charge in [0.15, 0.2) is 12.4 Å². The van der Waals surface area contributed by atoms with Crippen LogP contribution in [0, 0.1) is 5.92 Å². The predicted molar refractivity (Wildman–Crippen MR) is 99.0 cm³/mol. The lowest BCUT2D eigenvalue weighted by atomic mass is 9.89. The van der Waals surface area contributed by atoms with Crippen molar-refractivity contribution in [1.82, 2.24) is 4.90 Å². The molecule has 2 aliphatic rings. The Balaban J connectivity index is 2.22. The van der Waals surface area contributed by atoms with Crippen LogP contribution in [0.5, 0.6) is 0 Å². The minimum atomic E-state index is -1.66. The molecule has 6 N–H and O–H groups in total. The van der Waals surface area contributed by atoms with E-state index in [4.69, 9.17) is 29.2 Å². The van der Waals surface area contributed by atoms with Crippen molar-refractivity contribution in [1.29, 1.82) is 0 Å². The lowest BCUT2D eigenvalue weighted by Gasteiger charge is -2.46. The van der Waals surface area contributed by atoms with Crippen LogP contribution in [0.3, 0.4) is 0 Å². The zero-order valence-corrected chi connectivity index (χ0v) is 17.3. The Morgan fingerprint density at radius 1 is 0.935 bits per heavy atom. The number of ether oxygens (including phenoxy) is 4. The maximum Gasteiger partial charge on any atom is 0.295 e. The second-order valence-electron chi connectivity index (χ2n) is 7.56. The fraction of sp³-hybridized carbons (Fsp3) is 0.889. The molecule has 180 valence electrons. The summed E-state index contributed by atoms with van der Waals surface area (Å²) in [4.78, 5) is 24.8. The Morgan fingerprint density at radius 3 is 2.10 bits per heavy atom. The van der Waals surface area contributed by atoms with Crippen LogP contribution in [0.4, 0.5) is 0 Å². The molecular formula is C18H31NO12. The molecule has 0 aromatic carbocycles. The highest BCUT2D eigenvalue weighted by Crippen LogP contribution is 2.32. The summed E-state index contributed by atoms with van der Waals surface area (Å²) in [5.74, 6) is -1.55. The van der Waals surface area contributed by atoms with Gasteiger partial charge in [-0.2, -0.15) is 0 Å².